The van der Waals surface area contributed by atoms with Crippen LogP contribution in [0.4, 0.5) is 24.5 Å². The SMILES string of the molecule is O=C1CC(=O)Nc2cc(C(Cl)CC(F)(F)F)ccc2N1. The van der Waals surface area contributed by atoms with E-state index in [2.05, 4.69) is 10.6 Å². The first kappa shape index (κ1) is 14.6. The van der Waals surface area contributed by atoms with Crippen LogP contribution in [0.3, 0.4) is 0 Å². The average molecular weight is 307 g/mol. The summed E-state index contributed by atoms with van der Waals surface area (Å²) in [5.41, 5.74) is 0.797. The van der Waals surface area contributed by atoms with Gasteiger partial charge in [-0.3, -0.25) is 9.59 Å². The van der Waals surface area contributed by atoms with Gasteiger partial charge in [-0.15, -0.1) is 11.6 Å². The topological polar surface area (TPSA) is 58.2 Å². The highest BCUT2D eigenvalue weighted by Crippen LogP contribution is 2.36. The zero-order chi connectivity index (χ0) is 14.9. The zero-order valence-corrected chi connectivity index (χ0v) is 10.8. The maximum atomic E-state index is 12.3. The van der Waals surface area contributed by atoms with E-state index in [1.165, 1.54) is 18.2 Å². The highest BCUT2D eigenvalue weighted by atomic mass is 35.5. The van der Waals surface area contributed by atoms with E-state index in [1.807, 2.05) is 0 Å². The standard InChI is InChI=1S/C12H10ClF3N2O2/c13-7(5-12(14,15)16)6-1-2-8-9(3-6)18-11(20)4-10(19)17-8/h1-3,7H,4-5H2,(H,17,19)(H,18,20). The highest BCUT2D eigenvalue weighted by molar-refractivity contribution is 6.21. The van der Waals surface area contributed by atoms with Crippen molar-refractivity contribution in [2.75, 3.05) is 10.6 Å². The third kappa shape index (κ3) is 3.63. The first-order chi connectivity index (χ1) is 9.24. The molecule has 2 rings (SSSR count). The molecule has 4 nitrogen and oxygen atoms in total. The predicted octanol–water partition coefficient (Wildman–Crippen LogP) is 3.20. The maximum absolute atomic E-state index is 12.3. The number of nitrogens with one attached hydrogen (secondary N) is 2. The molecule has 0 fully saturated rings. The Bertz CT molecular complexity index is 560. The molecule has 8 heteroatoms. The van der Waals surface area contributed by atoms with Crippen LogP contribution in [-0.4, -0.2) is 18.0 Å². The molecule has 2 amide bonds. The van der Waals surface area contributed by atoms with Gasteiger partial charge in [-0.05, 0) is 17.7 Å². The number of carbonyl (C=O) groups excluding carboxylic acids is 2. The lowest BCUT2D eigenvalue weighted by atomic mass is 10.1. The second-order valence-corrected chi connectivity index (χ2v) is 4.89. The van der Waals surface area contributed by atoms with Gasteiger partial charge in [-0.1, -0.05) is 6.07 Å². The third-order valence-corrected chi connectivity index (χ3v) is 3.09. The van der Waals surface area contributed by atoms with Gasteiger partial charge >= 0.3 is 6.18 Å². The fourth-order valence-corrected chi connectivity index (χ4v) is 2.14. The Kier molecular flexibility index (Phi) is 3.89. The summed E-state index contributed by atoms with van der Waals surface area (Å²) in [6.45, 7) is 0. The maximum Gasteiger partial charge on any atom is 0.390 e. The van der Waals surface area contributed by atoms with E-state index < -0.39 is 29.8 Å². The molecule has 0 aliphatic carbocycles. The van der Waals surface area contributed by atoms with Gasteiger partial charge in [-0.25, -0.2) is 0 Å². The third-order valence-electron chi connectivity index (χ3n) is 2.69. The first-order valence-corrected chi connectivity index (χ1v) is 6.13. The van der Waals surface area contributed by atoms with Crippen LogP contribution in [0.1, 0.15) is 23.8 Å². The molecule has 0 spiro atoms. The summed E-state index contributed by atoms with van der Waals surface area (Å²) in [6.07, 6.45) is -5.89. The number of carbonyl (C=O) groups is 2. The summed E-state index contributed by atoms with van der Waals surface area (Å²) >= 11 is 5.72. The molecule has 0 aromatic heterocycles. The molecular weight excluding hydrogens is 297 g/mol. The fraction of sp³-hybridized carbons (Fsp3) is 0.333. The monoisotopic (exact) mass is 306 g/mol. The van der Waals surface area contributed by atoms with Crippen molar-refractivity contribution in [2.24, 2.45) is 0 Å². The van der Waals surface area contributed by atoms with E-state index in [0.717, 1.165) is 0 Å². The van der Waals surface area contributed by atoms with Crippen LogP contribution in [0.25, 0.3) is 0 Å². The smallest absolute Gasteiger partial charge is 0.324 e. The number of hydrogen-bond acceptors (Lipinski definition) is 2. The van der Waals surface area contributed by atoms with Crippen molar-refractivity contribution in [3.8, 4) is 0 Å². The van der Waals surface area contributed by atoms with E-state index in [4.69, 9.17) is 11.6 Å². The zero-order valence-electron chi connectivity index (χ0n) is 10.1. The molecular formula is C12H10ClF3N2O2. The fourth-order valence-electron chi connectivity index (χ4n) is 1.82. The molecule has 1 unspecified atom stereocenters. The van der Waals surface area contributed by atoms with Crippen LogP contribution in [0.2, 0.25) is 0 Å². The largest absolute Gasteiger partial charge is 0.390 e. The molecule has 1 heterocycles. The summed E-state index contributed by atoms with van der Waals surface area (Å²) < 4.78 is 36.9. The quantitative estimate of drug-likeness (QED) is 0.651. The van der Waals surface area contributed by atoms with Crippen molar-refractivity contribution in [3.63, 3.8) is 0 Å². The van der Waals surface area contributed by atoms with Crippen LogP contribution in [0.5, 0.6) is 0 Å². The Morgan fingerprint density at radius 2 is 1.75 bits per heavy atom. The van der Waals surface area contributed by atoms with E-state index >= 15 is 0 Å². The van der Waals surface area contributed by atoms with E-state index in [0.29, 0.717) is 5.69 Å². The molecule has 1 atom stereocenters. The number of hydrogen-bond donors (Lipinski definition) is 2. The number of benzene rings is 1. The van der Waals surface area contributed by atoms with Crippen molar-refractivity contribution in [1.29, 1.82) is 0 Å². The number of halogens is 4. The Hall–Kier alpha value is -1.76. The second-order valence-electron chi connectivity index (χ2n) is 4.36. The number of fused-ring (bicyclic) bond motifs is 1. The molecule has 0 radical (unpaired) electrons. The van der Waals surface area contributed by atoms with Crippen molar-refractivity contribution >= 4 is 34.8 Å². The van der Waals surface area contributed by atoms with Gasteiger partial charge in [0.2, 0.25) is 11.8 Å². The number of amides is 2. The minimum absolute atomic E-state index is 0.221. The average Bonchev–Trinajstić information content (AvgIpc) is 2.42. The lowest BCUT2D eigenvalue weighted by molar-refractivity contribution is -0.135. The number of rotatable bonds is 2. The summed E-state index contributed by atoms with van der Waals surface area (Å²) in [5, 5.41) is 3.67. The number of anilines is 2. The molecule has 108 valence electrons. The van der Waals surface area contributed by atoms with E-state index in [1.54, 1.807) is 0 Å². The summed E-state index contributed by atoms with van der Waals surface area (Å²) in [7, 11) is 0. The number of alkyl halides is 4. The van der Waals surface area contributed by atoms with Gasteiger partial charge in [-0.2, -0.15) is 13.2 Å². The summed E-state index contributed by atoms with van der Waals surface area (Å²) in [4.78, 5) is 22.7. The van der Waals surface area contributed by atoms with Gasteiger partial charge in [0, 0.05) is 0 Å². The van der Waals surface area contributed by atoms with Gasteiger partial charge in [0.05, 0.1) is 23.2 Å². The molecule has 2 N–H and O–H groups in total. The van der Waals surface area contributed by atoms with Crippen molar-refractivity contribution in [3.05, 3.63) is 23.8 Å². The molecule has 1 aromatic rings. The normalized spacial score (nSPS) is 16.8. The summed E-state index contributed by atoms with van der Waals surface area (Å²) in [6, 6.07) is 4.14. The Balaban J connectivity index is 2.27. The van der Waals surface area contributed by atoms with E-state index in [9.17, 15) is 22.8 Å². The lowest BCUT2D eigenvalue weighted by Gasteiger charge is -2.15. The van der Waals surface area contributed by atoms with Crippen LogP contribution >= 0.6 is 11.6 Å². The van der Waals surface area contributed by atoms with Crippen molar-refractivity contribution in [2.45, 2.75) is 24.4 Å². The molecule has 1 aromatic carbocycles. The van der Waals surface area contributed by atoms with Gasteiger partial charge in [0.15, 0.2) is 0 Å². The minimum atomic E-state index is -4.38. The lowest BCUT2D eigenvalue weighted by Crippen LogP contribution is -2.16. The summed E-state index contributed by atoms with van der Waals surface area (Å²) in [5.74, 6) is -1.01. The Labute approximate surface area is 117 Å². The Morgan fingerprint density at radius 1 is 1.15 bits per heavy atom. The first-order valence-electron chi connectivity index (χ1n) is 5.69. The van der Waals surface area contributed by atoms with Gasteiger partial charge in [0.1, 0.15) is 6.42 Å². The molecule has 1 aliphatic rings. The Morgan fingerprint density at radius 3 is 2.35 bits per heavy atom. The van der Waals surface area contributed by atoms with Crippen LogP contribution in [0.15, 0.2) is 18.2 Å². The van der Waals surface area contributed by atoms with Gasteiger partial charge in [0.25, 0.3) is 0 Å². The predicted molar refractivity (Wildman–Crippen MR) is 67.6 cm³/mol. The molecule has 0 saturated heterocycles. The molecule has 20 heavy (non-hydrogen) atoms. The molecule has 0 saturated carbocycles. The second kappa shape index (κ2) is 5.32. The van der Waals surface area contributed by atoms with Crippen LogP contribution < -0.4 is 10.6 Å². The molecule has 1 aliphatic heterocycles. The highest BCUT2D eigenvalue weighted by Gasteiger charge is 2.32. The van der Waals surface area contributed by atoms with Gasteiger partial charge < -0.3 is 10.6 Å². The van der Waals surface area contributed by atoms with E-state index in [-0.39, 0.29) is 17.7 Å². The van der Waals surface area contributed by atoms with Crippen LogP contribution in [-0.2, 0) is 9.59 Å². The van der Waals surface area contributed by atoms with Crippen molar-refractivity contribution in [1.82, 2.24) is 0 Å². The minimum Gasteiger partial charge on any atom is -0.324 e. The van der Waals surface area contributed by atoms with Crippen molar-refractivity contribution < 1.29 is 22.8 Å². The molecule has 0 bridgehead atoms. The van der Waals surface area contributed by atoms with Crippen LogP contribution in [0, 0.1) is 0 Å².